The number of aliphatic hydroxyl groups is 3. The summed E-state index contributed by atoms with van der Waals surface area (Å²) in [6, 6.07) is 0. The standard InChI is InChI=1S/C11H15NO7S/c13-6-7(14)9(10(16)17)19-11(8(6)15)20-5-3-1-2-4-12(5)18/h1-3,6-9,11-15H,4H2,(H,16,17)/t6-,7-,8+,9-,11-/m0/s1. The molecular weight excluding hydrogens is 290 g/mol. The lowest BCUT2D eigenvalue weighted by atomic mass is 10.0. The van der Waals surface area contributed by atoms with Gasteiger partial charge in [0.05, 0.1) is 0 Å². The second-order valence-corrected chi connectivity index (χ2v) is 5.58. The SMILES string of the molecule is O=C(O)[C@H]1O[C@@H](SC2=CC=CC[NH+]2[O-])[C@H](O)[C@@H](O)[C@@H]1O. The number of ether oxygens (including phenoxy) is 1. The van der Waals surface area contributed by atoms with Crippen LogP contribution in [0.15, 0.2) is 23.3 Å². The van der Waals surface area contributed by atoms with Gasteiger partial charge in [0.15, 0.2) is 11.1 Å². The summed E-state index contributed by atoms with van der Waals surface area (Å²) in [5, 5.41) is 49.7. The number of quaternary nitrogens is 1. The molecule has 0 aromatic rings. The van der Waals surface area contributed by atoms with E-state index in [1.807, 2.05) is 0 Å². The Morgan fingerprint density at radius 3 is 2.65 bits per heavy atom. The molecule has 0 bridgehead atoms. The van der Waals surface area contributed by atoms with E-state index in [4.69, 9.17) is 9.84 Å². The van der Waals surface area contributed by atoms with Gasteiger partial charge in [0.1, 0.15) is 30.3 Å². The number of carbonyl (C=O) groups is 1. The van der Waals surface area contributed by atoms with Gasteiger partial charge in [-0.2, -0.15) is 0 Å². The summed E-state index contributed by atoms with van der Waals surface area (Å²) in [6.07, 6.45) is -1.67. The van der Waals surface area contributed by atoms with Gasteiger partial charge in [0, 0.05) is 6.08 Å². The van der Waals surface area contributed by atoms with Crippen molar-refractivity contribution in [3.8, 4) is 0 Å². The van der Waals surface area contributed by atoms with Crippen molar-refractivity contribution in [2.24, 2.45) is 0 Å². The number of thioether (sulfide) groups is 1. The summed E-state index contributed by atoms with van der Waals surface area (Å²) in [6.45, 7) is 0.217. The molecule has 0 radical (unpaired) electrons. The zero-order valence-corrected chi connectivity index (χ0v) is 11.1. The number of aliphatic carboxylic acids is 1. The van der Waals surface area contributed by atoms with Crippen molar-refractivity contribution in [3.63, 3.8) is 0 Å². The Morgan fingerprint density at radius 1 is 1.35 bits per heavy atom. The molecular formula is C11H15NO7S. The topological polar surface area (TPSA) is 135 Å². The number of nitrogens with one attached hydrogen (secondary N) is 1. The highest BCUT2D eigenvalue weighted by molar-refractivity contribution is 8.03. The first-order valence-electron chi connectivity index (χ1n) is 5.91. The van der Waals surface area contributed by atoms with Crippen LogP contribution in [0.1, 0.15) is 0 Å². The fraction of sp³-hybridized carbons (Fsp3) is 0.545. The third kappa shape index (κ3) is 3.04. The van der Waals surface area contributed by atoms with Crippen LogP contribution >= 0.6 is 11.8 Å². The van der Waals surface area contributed by atoms with E-state index in [0.29, 0.717) is 5.03 Å². The molecule has 0 saturated carbocycles. The van der Waals surface area contributed by atoms with Gasteiger partial charge in [0.2, 0.25) is 0 Å². The highest BCUT2D eigenvalue weighted by Gasteiger charge is 2.47. The molecule has 20 heavy (non-hydrogen) atoms. The van der Waals surface area contributed by atoms with E-state index in [1.54, 1.807) is 12.2 Å². The minimum atomic E-state index is -1.73. The van der Waals surface area contributed by atoms with Gasteiger partial charge in [0.25, 0.3) is 0 Å². The summed E-state index contributed by atoms with van der Waals surface area (Å²) < 4.78 is 5.08. The first-order valence-corrected chi connectivity index (χ1v) is 6.79. The van der Waals surface area contributed by atoms with Crippen LogP contribution in [-0.2, 0) is 9.53 Å². The van der Waals surface area contributed by atoms with Gasteiger partial charge in [-0.15, -0.1) is 0 Å². The average molecular weight is 305 g/mol. The van der Waals surface area contributed by atoms with E-state index in [1.165, 1.54) is 6.08 Å². The van der Waals surface area contributed by atoms with Crippen LogP contribution in [0, 0.1) is 5.21 Å². The van der Waals surface area contributed by atoms with Crippen LogP contribution in [0.5, 0.6) is 0 Å². The van der Waals surface area contributed by atoms with E-state index < -0.39 is 35.8 Å². The number of aliphatic hydroxyl groups excluding tert-OH is 3. The van der Waals surface area contributed by atoms with Crippen molar-refractivity contribution in [3.05, 3.63) is 28.5 Å². The normalized spacial score (nSPS) is 41.3. The molecule has 0 amide bonds. The summed E-state index contributed by atoms with van der Waals surface area (Å²) in [5.74, 6) is -1.45. The Kier molecular flexibility index (Phi) is 4.81. The van der Waals surface area contributed by atoms with E-state index in [0.717, 1.165) is 11.8 Å². The number of rotatable bonds is 3. The zero-order chi connectivity index (χ0) is 14.9. The van der Waals surface area contributed by atoms with Crippen LogP contribution in [0.2, 0.25) is 0 Å². The van der Waals surface area contributed by atoms with Crippen molar-refractivity contribution in [2.75, 3.05) is 6.54 Å². The second kappa shape index (κ2) is 6.22. The quantitative estimate of drug-likeness (QED) is 0.358. The van der Waals surface area contributed by atoms with E-state index >= 15 is 0 Å². The lowest BCUT2D eigenvalue weighted by Crippen LogP contribution is -3.05. The number of hydroxylamine groups is 2. The summed E-state index contributed by atoms with van der Waals surface area (Å²) in [4.78, 5) is 10.9. The van der Waals surface area contributed by atoms with Crippen molar-refractivity contribution >= 4 is 17.7 Å². The Morgan fingerprint density at radius 2 is 2.05 bits per heavy atom. The van der Waals surface area contributed by atoms with Gasteiger partial charge in [-0.25, -0.2) is 4.79 Å². The number of hydrogen-bond donors (Lipinski definition) is 5. The molecule has 112 valence electrons. The molecule has 0 aromatic heterocycles. The van der Waals surface area contributed by atoms with Gasteiger partial charge >= 0.3 is 5.97 Å². The van der Waals surface area contributed by atoms with Crippen molar-refractivity contribution < 1.29 is 35.0 Å². The summed E-state index contributed by atoms with van der Waals surface area (Å²) >= 11 is 0.838. The molecule has 1 saturated heterocycles. The highest BCUT2D eigenvalue weighted by Crippen LogP contribution is 2.31. The van der Waals surface area contributed by atoms with Crippen LogP contribution in [0.3, 0.4) is 0 Å². The Bertz CT molecular complexity index is 440. The van der Waals surface area contributed by atoms with Gasteiger partial charge in [-0.05, 0) is 17.8 Å². The molecule has 0 spiro atoms. The zero-order valence-electron chi connectivity index (χ0n) is 10.2. The number of carboxylic acids is 1. The summed E-state index contributed by atoms with van der Waals surface area (Å²) in [5.41, 5.74) is -1.14. The van der Waals surface area contributed by atoms with Crippen LogP contribution in [-0.4, -0.2) is 62.8 Å². The molecule has 1 unspecified atom stereocenters. The van der Waals surface area contributed by atoms with Crippen molar-refractivity contribution in [1.82, 2.24) is 0 Å². The fourth-order valence-electron chi connectivity index (χ4n) is 1.90. The molecule has 2 heterocycles. The lowest BCUT2D eigenvalue weighted by Gasteiger charge is -2.39. The van der Waals surface area contributed by atoms with Crippen LogP contribution in [0.4, 0.5) is 0 Å². The van der Waals surface area contributed by atoms with Crippen LogP contribution < -0.4 is 5.06 Å². The third-order valence-corrected chi connectivity index (χ3v) is 4.26. The van der Waals surface area contributed by atoms with Gasteiger partial charge < -0.3 is 35.4 Å². The molecule has 1 fully saturated rings. The highest BCUT2D eigenvalue weighted by atomic mass is 32.2. The predicted molar refractivity (Wildman–Crippen MR) is 68.3 cm³/mol. The van der Waals surface area contributed by atoms with E-state index in [-0.39, 0.29) is 11.6 Å². The largest absolute Gasteiger partial charge is 0.628 e. The minimum Gasteiger partial charge on any atom is -0.628 e. The number of hydrogen-bond acceptors (Lipinski definition) is 7. The summed E-state index contributed by atoms with van der Waals surface area (Å²) in [7, 11) is 0. The fourth-order valence-corrected chi connectivity index (χ4v) is 3.00. The molecule has 2 aliphatic heterocycles. The predicted octanol–water partition coefficient (Wildman–Crippen LogP) is -2.59. The maximum atomic E-state index is 11.6. The lowest BCUT2D eigenvalue weighted by molar-refractivity contribution is -0.790. The number of carboxylic acid groups (broad SMARTS) is 1. The van der Waals surface area contributed by atoms with E-state index in [9.17, 15) is 25.3 Å². The molecule has 9 heteroatoms. The Balaban J connectivity index is 2.12. The Hall–Kier alpha value is -0.940. The molecule has 6 atom stereocenters. The second-order valence-electron chi connectivity index (χ2n) is 4.44. The molecule has 0 aromatic carbocycles. The maximum absolute atomic E-state index is 11.6. The molecule has 2 rings (SSSR count). The minimum absolute atomic E-state index is 0.180. The first kappa shape index (κ1) is 15.4. The number of allylic oxidation sites excluding steroid dienone is 2. The Labute approximate surface area is 118 Å². The monoisotopic (exact) mass is 305 g/mol. The molecule has 5 N–H and O–H groups in total. The van der Waals surface area contributed by atoms with Crippen molar-refractivity contribution in [1.29, 1.82) is 0 Å². The average Bonchev–Trinajstić information content (AvgIpc) is 2.41. The van der Waals surface area contributed by atoms with Gasteiger partial charge in [-0.3, -0.25) is 0 Å². The van der Waals surface area contributed by atoms with Gasteiger partial charge in [-0.1, -0.05) is 6.08 Å². The molecule has 0 aliphatic carbocycles. The first-order chi connectivity index (χ1) is 9.41. The smallest absolute Gasteiger partial charge is 0.335 e. The van der Waals surface area contributed by atoms with Crippen molar-refractivity contribution in [2.45, 2.75) is 29.9 Å². The molecule has 8 nitrogen and oxygen atoms in total. The van der Waals surface area contributed by atoms with E-state index in [2.05, 4.69) is 0 Å². The van der Waals surface area contributed by atoms with Crippen LogP contribution in [0.25, 0.3) is 0 Å². The maximum Gasteiger partial charge on any atom is 0.335 e. The third-order valence-electron chi connectivity index (χ3n) is 3.02. The molecule has 2 aliphatic rings.